The highest BCUT2D eigenvalue weighted by Crippen LogP contribution is 2.33. The fraction of sp³-hybridized carbons (Fsp3) is 0.250. The van der Waals surface area contributed by atoms with Crippen molar-refractivity contribution >= 4 is 17.3 Å². The van der Waals surface area contributed by atoms with Crippen molar-refractivity contribution in [3.05, 3.63) is 64.7 Å². The van der Waals surface area contributed by atoms with E-state index in [9.17, 15) is 13.2 Å². The first-order valence-electron chi connectivity index (χ1n) is 6.53. The Morgan fingerprint density at radius 2 is 1.76 bits per heavy atom. The van der Waals surface area contributed by atoms with Gasteiger partial charge in [-0.05, 0) is 37.1 Å². The van der Waals surface area contributed by atoms with Crippen LogP contribution in [0, 0.1) is 0 Å². The van der Waals surface area contributed by atoms with Crippen LogP contribution in [0.5, 0.6) is 0 Å². The summed E-state index contributed by atoms with van der Waals surface area (Å²) in [5.41, 5.74) is 0.748. The first-order chi connectivity index (χ1) is 9.84. The lowest BCUT2D eigenvalue weighted by Crippen LogP contribution is -2.18. The molecule has 0 amide bonds. The van der Waals surface area contributed by atoms with E-state index in [1.807, 2.05) is 37.3 Å². The van der Waals surface area contributed by atoms with Gasteiger partial charge in [0.25, 0.3) is 0 Å². The smallest absolute Gasteiger partial charge is 0.382 e. The molecule has 1 unspecified atom stereocenters. The third kappa shape index (κ3) is 4.67. The lowest BCUT2D eigenvalue weighted by Gasteiger charge is -2.17. The Balaban J connectivity index is 2.10. The van der Waals surface area contributed by atoms with Gasteiger partial charge in [-0.1, -0.05) is 41.9 Å². The van der Waals surface area contributed by atoms with Crippen LogP contribution in [0.3, 0.4) is 0 Å². The molecule has 0 saturated heterocycles. The van der Waals surface area contributed by atoms with Gasteiger partial charge in [-0.15, -0.1) is 0 Å². The van der Waals surface area contributed by atoms with Gasteiger partial charge in [0.2, 0.25) is 0 Å². The van der Waals surface area contributed by atoms with Crippen LogP contribution in [0.1, 0.15) is 18.1 Å². The molecule has 112 valence electrons. The van der Waals surface area contributed by atoms with E-state index in [1.54, 1.807) is 0 Å². The molecule has 1 N–H and O–H groups in total. The fourth-order valence-corrected chi connectivity index (χ4v) is 2.37. The average molecular weight is 314 g/mol. The highest BCUT2D eigenvalue weighted by molar-refractivity contribution is 6.30. The van der Waals surface area contributed by atoms with E-state index in [1.165, 1.54) is 6.07 Å². The second-order valence-corrected chi connectivity index (χ2v) is 5.40. The SMILES string of the molecule is CC(Cc1ccccc1)Nc1cc(Cl)cc(C(F)(F)F)c1. The molecule has 0 aliphatic carbocycles. The molecule has 0 heterocycles. The lowest BCUT2D eigenvalue weighted by molar-refractivity contribution is -0.137. The Labute approximate surface area is 126 Å². The predicted molar refractivity (Wildman–Crippen MR) is 79.7 cm³/mol. The summed E-state index contributed by atoms with van der Waals surface area (Å²) >= 11 is 5.76. The van der Waals surface area contributed by atoms with Gasteiger partial charge in [0.15, 0.2) is 0 Å². The summed E-state index contributed by atoms with van der Waals surface area (Å²) in [4.78, 5) is 0. The van der Waals surface area contributed by atoms with Gasteiger partial charge in [-0.25, -0.2) is 0 Å². The molecule has 21 heavy (non-hydrogen) atoms. The van der Waals surface area contributed by atoms with Gasteiger partial charge in [0.05, 0.1) is 5.56 Å². The number of rotatable bonds is 4. The van der Waals surface area contributed by atoms with Crippen LogP contribution in [0.25, 0.3) is 0 Å². The van der Waals surface area contributed by atoms with E-state index in [2.05, 4.69) is 5.32 Å². The van der Waals surface area contributed by atoms with E-state index < -0.39 is 11.7 Å². The van der Waals surface area contributed by atoms with Crippen LogP contribution in [0.4, 0.5) is 18.9 Å². The molecule has 1 nitrogen and oxygen atoms in total. The summed E-state index contributed by atoms with van der Waals surface area (Å²) in [6.45, 7) is 1.92. The molecule has 2 aromatic carbocycles. The first kappa shape index (κ1) is 15.7. The van der Waals surface area contributed by atoms with E-state index in [0.717, 1.165) is 17.7 Å². The monoisotopic (exact) mass is 313 g/mol. The number of anilines is 1. The second-order valence-electron chi connectivity index (χ2n) is 4.96. The third-order valence-corrected chi connectivity index (χ3v) is 3.24. The van der Waals surface area contributed by atoms with Gasteiger partial charge < -0.3 is 5.32 Å². The van der Waals surface area contributed by atoms with E-state index >= 15 is 0 Å². The maximum Gasteiger partial charge on any atom is 0.416 e. The Kier molecular flexibility index (Phi) is 4.78. The van der Waals surface area contributed by atoms with Crippen LogP contribution in [-0.2, 0) is 12.6 Å². The predicted octanol–water partition coefficient (Wildman–Crippen LogP) is 5.40. The number of nitrogens with one attached hydrogen (secondary N) is 1. The number of benzene rings is 2. The molecule has 0 aromatic heterocycles. The Morgan fingerprint density at radius 1 is 1.10 bits per heavy atom. The van der Waals surface area contributed by atoms with Crippen molar-refractivity contribution in [2.75, 3.05) is 5.32 Å². The minimum atomic E-state index is -4.40. The molecule has 0 aliphatic rings. The standard InChI is InChI=1S/C16H15ClF3N/c1-11(7-12-5-3-2-4-6-12)21-15-9-13(16(18,19)20)8-14(17)10-15/h2-6,8-11,21H,7H2,1H3. The number of hydrogen-bond acceptors (Lipinski definition) is 1. The highest BCUT2D eigenvalue weighted by Gasteiger charge is 2.31. The molecule has 0 saturated carbocycles. The molecule has 2 rings (SSSR count). The Morgan fingerprint density at radius 3 is 2.38 bits per heavy atom. The molecule has 0 spiro atoms. The van der Waals surface area contributed by atoms with Crippen molar-refractivity contribution in [3.63, 3.8) is 0 Å². The third-order valence-electron chi connectivity index (χ3n) is 3.02. The number of hydrogen-bond donors (Lipinski definition) is 1. The zero-order valence-corrected chi connectivity index (χ0v) is 12.2. The van der Waals surface area contributed by atoms with Crippen LogP contribution in [0.15, 0.2) is 48.5 Å². The summed E-state index contributed by atoms with van der Waals surface area (Å²) < 4.78 is 38.2. The molecular formula is C16H15ClF3N. The molecule has 2 aromatic rings. The lowest BCUT2D eigenvalue weighted by atomic mass is 10.1. The van der Waals surface area contributed by atoms with Crippen molar-refractivity contribution in [3.8, 4) is 0 Å². The van der Waals surface area contributed by atoms with Crippen molar-refractivity contribution in [2.24, 2.45) is 0 Å². The maximum atomic E-state index is 12.7. The first-order valence-corrected chi connectivity index (χ1v) is 6.90. The minimum Gasteiger partial charge on any atom is -0.382 e. The average Bonchev–Trinajstić information content (AvgIpc) is 2.37. The number of halogens is 4. The highest BCUT2D eigenvalue weighted by atomic mass is 35.5. The van der Waals surface area contributed by atoms with Crippen molar-refractivity contribution in [1.29, 1.82) is 0 Å². The van der Waals surface area contributed by atoms with Gasteiger partial charge in [-0.3, -0.25) is 0 Å². The zero-order valence-electron chi connectivity index (χ0n) is 11.4. The van der Waals surface area contributed by atoms with Crippen LogP contribution in [0.2, 0.25) is 5.02 Å². The fourth-order valence-electron chi connectivity index (χ4n) is 2.14. The molecule has 5 heteroatoms. The van der Waals surface area contributed by atoms with Crippen LogP contribution >= 0.6 is 11.6 Å². The molecule has 0 bridgehead atoms. The number of alkyl halides is 3. The molecular weight excluding hydrogens is 299 g/mol. The van der Waals surface area contributed by atoms with E-state index in [0.29, 0.717) is 12.1 Å². The quantitative estimate of drug-likeness (QED) is 0.796. The Bertz CT molecular complexity index is 596. The topological polar surface area (TPSA) is 12.0 Å². The van der Waals surface area contributed by atoms with Crippen LogP contribution < -0.4 is 5.32 Å². The minimum absolute atomic E-state index is 0.00745. The summed E-state index contributed by atoms with van der Waals surface area (Å²) in [5, 5.41) is 3.13. The van der Waals surface area contributed by atoms with Gasteiger partial charge in [-0.2, -0.15) is 13.2 Å². The zero-order chi connectivity index (χ0) is 15.5. The second kappa shape index (κ2) is 6.39. The van der Waals surface area contributed by atoms with Crippen molar-refractivity contribution in [2.45, 2.75) is 25.6 Å². The van der Waals surface area contributed by atoms with Crippen molar-refractivity contribution in [1.82, 2.24) is 0 Å². The van der Waals surface area contributed by atoms with E-state index in [4.69, 9.17) is 11.6 Å². The van der Waals surface area contributed by atoms with Gasteiger partial charge >= 0.3 is 6.18 Å². The molecule has 0 radical (unpaired) electrons. The molecule has 0 fully saturated rings. The molecule has 1 atom stereocenters. The van der Waals surface area contributed by atoms with E-state index in [-0.39, 0.29) is 11.1 Å². The summed E-state index contributed by atoms with van der Waals surface area (Å²) in [6, 6.07) is 13.3. The van der Waals surface area contributed by atoms with Crippen molar-refractivity contribution < 1.29 is 13.2 Å². The van der Waals surface area contributed by atoms with Gasteiger partial charge in [0.1, 0.15) is 0 Å². The summed E-state index contributed by atoms with van der Waals surface area (Å²) in [5.74, 6) is 0. The summed E-state index contributed by atoms with van der Waals surface area (Å²) in [7, 11) is 0. The van der Waals surface area contributed by atoms with Gasteiger partial charge in [0, 0.05) is 16.8 Å². The Hall–Kier alpha value is -1.68. The molecule has 0 aliphatic heterocycles. The summed E-state index contributed by atoms with van der Waals surface area (Å²) in [6.07, 6.45) is -3.68. The normalized spacial score (nSPS) is 13.0. The van der Waals surface area contributed by atoms with Crippen LogP contribution in [-0.4, -0.2) is 6.04 Å². The largest absolute Gasteiger partial charge is 0.416 e. The maximum absolute atomic E-state index is 12.7.